The molecule has 1 fully saturated rings. The third-order valence-electron chi connectivity index (χ3n) is 5.11. The van der Waals surface area contributed by atoms with Crippen molar-refractivity contribution in [3.05, 3.63) is 69.3 Å². The van der Waals surface area contributed by atoms with Gasteiger partial charge in [0, 0.05) is 42.3 Å². The summed E-state index contributed by atoms with van der Waals surface area (Å²) in [7, 11) is 0. The summed E-state index contributed by atoms with van der Waals surface area (Å²) in [6, 6.07) is 3.02. The van der Waals surface area contributed by atoms with E-state index in [4.69, 9.17) is 0 Å². The van der Waals surface area contributed by atoms with Gasteiger partial charge in [0.25, 0.3) is 5.56 Å². The minimum Gasteiger partial charge on any atom is -0.353 e. The lowest BCUT2D eigenvalue weighted by atomic mass is 9.60. The summed E-state index contributed by atoms with van der Waals surface area (Å²) in [5, 5.41) is 3.16. The van der Waals surface area contributed by atoms with Gasteiger partial charge in [-0.1, -0.05) is 6.92 Å². The van der Waals surface area contributed by atoms with Crippen LogP contribution in [0.4, 0.5) is 10.3 Å². The molecule has 4 rings (SSSR count). The normalized spacial score (nSPS) is 21.1. The molecular weight excluding hydrogens is 363 g/mol. The summed E-state index contributed by atoms with van der Waals surface area (Å²) < 4.78 is 14.3. The SMILES string of the molecule is CC1CC(CNc2ncc(-c3c[nH]c(=O)[nH]c3=O)cn2)(c2ncccc2F)C1. The molecule has 144 valence electrons. The fourth-order valence-electron chi connectivity index (χ4n) is 3.90. The van der Waals surface area contributed by atoms with E-state index in [2.05, 4.69) is 37.2 Å². The highest BCUT2D eigenvalue weighted by Gasteiger charge is 2.46. The van der Waals surface area contributed by atoms with Crippen LogP contribution in [0.25, 0.3) is 11.1 Å². The van der Waals surface area contributed by atoms with Gasteiger partial charge in [0.15, 0.2) is 0 Å². The van der Waals surface area contributed by atoms with E-state index < -0.39 is 11.2 Å². The maximum Gasteiger partial charge on any atom is 0.325 e. The molecule has 1 aliphatic rings. The van der Waals surface area contributed by atoms with E-state index in [1.807, 2.05) is 0 Å². The second kappa shape index (κ2) is 6.99. The van der Waals surface area contributed by atoms with E-state index in [1.165, 1.54) is 24.7 Å². The highest BCUT2D eigenvalue weighted by Crippen LogP contribution is 2.47. The first kappa shape index (κ1) is 18.0. The molecule has 0 aliphatic heterocycles. The Labute approximate surface area is 159 Å². The van der Waals surface area contributed by atoms with Crippen molar-refractivity contribution in [1.82, 2.24) is 24.9 Å². The second-order valence-electron chi connectivity index (χ2n) is 7.26. The van der Waals surface area contributed by atoms with Gasteiger partial charge in [-0.25, -0.2) is 19.2 Å². The third kappa shape index (κ3) is 3.30. The van der Waals surface area contributed by atoms with Crippen molar-refractivity contribution in [3.63, 3.8) is 0 Å². The summed E-state index contributed by atoms with van der Waals surface area (Å²) >= 11 is 0. The zero-order chi connectivity index (χ0) is 19.7. The molecule has 0 unspecified atom stereocenters. The van der Waals surface area contributed by atoms with Crippen LogP contribution >= 0.6 is 0 Å². The summed E-state index contributed by atoms with van der Waals surface area (Å²) in [4.78, 5) is 40.3. The molecule has 3 heterocycles. The van der Waals surface area contributed by atoms with Crippen LogP contribution in [-0.2, 0) is 5.41 Å². The first-order valence-electron chi connectivity index (χ1n) is 8.96. The molecule has 28 heavy (non-hydrogen) atoms. The Morgan fingerprint density at radius 1 is 1.25 bits per heavy atom. The molecule has 8 nitrogen and oxygen atoms in total. The van der Waals surface area contributed by atoms with Gasteiger partial charge in [-0.15, -0.1) is 0 Å². The summed E-state index contributed by atoms with van der Waals surface area (Å²) in [5.41, 5.74) is -0.257. The minimum atomic E-state index is -0.574. The number of nitrogens with one attached hydrogen (secondary N) is 3. The lowest BCUT2D eigenvalue weighted by Crippen LogP contribution is -2.47. The van der Waals surface area contributed by atoms with Crippen LogP contribution in [0.1, 0.15) is 25.5 Å². The molecule has 3 N–H and O–H groups in total. The molecular formula is C19H19FN6O2. The highest BCUT2D eigenvalue weighted by molar-refractivity contribution is 5.59. The van der Waals surface area contributed by atoms with E-state index in [0.29, 0.717) is 29.7 Å². The average Bonchev–Trinajstić information content (AvgIpc) is 2.65. The molecule has 0 aromatic carbocycles. The van der Waals surface area contributed by atoms with Crippen molar-refractivity contribution in [2.24, 2.45) is 5.92 Å². The van der Waals surface area contributed by atoms with Crippen LogP contribution in [0.15, 0.2) is 46.5 Å². The number of anilines is 1. The number of hydrogen-bond donors (Lipinski definition) is 3. The highest BCUT2D eigenvalue weighted by atomic mass is 19.1. The summed E-state index contributed by atoms with van der Waals surface area (Å²) in [6.07, 6.45) is 7.58. The Morgan fingerprint density at radius 2 is 2.00 bits per heavy atom. The van der Waals surface area contributed by atoms with Gasteiger partial charge in [0.1, 0.15) is 5.82 Å². The quantitative estimate of drug-likeness (QED) is 0.620. The monoisotopic (exact) mass is 382 g/mol. The fraction of sp³-hybridized carbons (Fsp3) is 0.316. The molecule has 0 bridgehead atoms. The van der Waals surface area contributed by atoms with Gasteiger partial charge < -0.3 is 10.3 Å². The lowest BCUT2D eigenvalue weighted by Gasteiger charge is -2.46. The number of halogens is 1. The third-order valence-corrected chi connectivity index (χ3v) is 5.11. The molecule has 3 aromatic rings. The van der Waals surface area contributed by atoms with Crippen molar-refractivity contribution in [1.29, 1.82) is 0 Å². The van der Waals surface area contributed by atoms with Crippen LogP contribution in [0.3, 0.4) is 0 Å². The van der Waals surface area contributed by atoms with Crippen molar-refractivity contribution in [3.8, 4) is 11.1 Å². The maximum atomic E-state index is 14.3. The fourth-order valence-corrected chi connectivity index (χ4v) is 3.90. The zero-order valence-corrected chi connectivity index (χ0v) is 15.2. The van der Waals surface area contributed by atoms with Crippen LogP contribution in [0.2, 0.25) is 0 Å². The largest absolute Gasteiger partial charge is 0.353 e. The summed E-state index contributed by atoms with van der Waals surface area (Å²) in [5.74, 6) is 0.572. The Kier molecular flexibility index (Phi) is 4.50. The predicted molar refractivity (Wildman–Crippen MR) is 101 cm³/mol. The molecule has 0 spiro atoms. The van der Waals surface area contributed by atoms with E-state index >= 15 is 0 Å². The van der Waals surface area contributed by atoms with Gasteiger partial charge in [-0.05, 0) is 30.9 Å². The minimum absolute atomic E-state index is 0.269. The molecule has 1 saturated carbocycles. The van der Waals surface area contributed by atoms with E-state index in [1.54, 1.807) is 12.3 Å². The van der Waals surface area contributed by atoms with Crippen molar-refractivity contribution >= 4 is 5.95 Å². The average molecular weight is 382 g/mol. The van der Waals surface area contributed by atoms with Crippen molar-refractivity contribution in [2.45, 2.75) is 25.2 Å². The predicted octanol–water partition coefficient (Wildman–Crippen LogP) is 1.83. The maximum absolute atomic E-state index is 14.3. The van der Waals surface area contributed by atoms with Gasteiger partial charge >= 0.3 is 5.69 Å². The Morgan fingerprint density at radius 3 is 2.64 bits per heavy atom. The molecule has 0 amide bonds. The molecule has 0 saturated heterocycles. The molecule has 1 aliphatic carbocycles. The number of aromatic amines is 2. The number of rotatable bonds is 5. The Balaban J connectivity index is 1.52. The first-order chi connectivity index (χ1) is 13.5. The van der Waals surface area contributed by atoms with Crippen LogP contribution in [0, 0.1) is 11.7 Å². The number of aromatic nitrogens is 5. The van der Waals surface area contributed by atoms with Gasteiger partial charge in [-0.3, -0.25) is 14.8 Å². The molecule has 3 aromatic heterocycles. The zero-order valence-electron chi connectivity index (χ0n) is 15.2. The smallest absolute Gasteiger partial charge is 0.325 e. The van der Waals surface area contributed by atoms with Crippen LogP contribution in [-0.4, -0.2) is 31.5 Å². The van der Waals surface area contributed by atoms with Gasteiger partial charge in [0.2, 0.25) is 5.95 Å². The number of nitrogens with zero attached hydrogens (tertiary/aromatic N) is 3. The molecule has 0 atom stereocenters. The molecule has 0 radical (unpaired) electrons. The standard InChI is InChI=1S/C19H19FN6O2/c1-11-5-19(6-11,15-14(20)3-2-4-21-15)10-25-17-22-7-12(8-23-17)13-9-24-18(28)26-16(13)27/h2-4,7-9,11H,5-6,10H2,1H3,(H,22,23,25)(H2,24,26,27,28). The van der Waals surface area contributed by atoms with Crippen molar-refractivity contribution in [2.75, 3.05) is 11.9 Å². The Bertz CT molecular complexity index is 1100. The van der Waals surface area contributed by atoms with Gasteiger partial charge in [-0.2, -0.15) is 0 Å². The Hall–Kier alpha value is -3.36. The lowest BCUT2D eigenvalue weighted by molar-refractivity contribution is 0.159. The number of H-pyrrole nitrogens is 2. The van der Waals surface area contributed by atoms with Crippen LogP contribution in [0.5, 0.6) is 0 Å². The first-order valence-corrected chi connectivity index (χ1v) is 8.96. The van der Waals surface area contributed by atoms with E-state index in [-0.39, 0.29) is 16.8 Å². The second-order valence-corrected chi connectivity index (χ2v) is 7.26. The summed E-state index contributed by atoms with van der Waals surface area (Å²) in [6.45, 7) is 2.59. The van der Waals surface area contributed by atoms with E-state index in [9.17, 15) is 14.0 Å². The van der Waals surface area contributed by atoms with Crippen LogP contribution < -0.4 is 16.6 Å². The number of pyridine rings is 1. The van der Waals surface area contributed by atoms with Gasteiger partial charge in [0.05, 0.1) is 11.3 Å². The van der Waals surface area contributed by atoms with E-state index in [0.717, 1.165) is 12.8 Å². The molecule has 9 heteroatoms. The van der Waals surface area contributed by atoms with Crippen molar-refractivity contribution < 1.29 is 4.39 Å². The number of hydrogen-bond acceptors (Lipinski definition) is 6. The topological polar surface area (TPSA) is 116 Å².